The molecular weight excluding hydrogens is 294 g/mol. The summed E-state index contributed by atoms with van der Waals surface area (Å²) in [6, 6.07) is 1.60. The van der Waals surface area contributed by atoms with Gasteiger partial charge in [-0.05, 0) is 19.9 Å². The van der Waals surface area contributed by atoms with Crippen LogP contribution >= 0.6 is 11.6 Å². The second-order valence-electron chi connectivity index (χ2n) is 5.67. The van der Waals surface area contributed by atoms with E-state index in [1.54, 1.807) is 18.0 Å². The van der Waals surface area contributed by atoms with Crippen molar-refractivity contribution in [1.29, 1.82) is 0 Å². The number of anilines is 1. The maximum Gasteiger partial charge on any atom is 0.255 e. The van der Waals surface area contributed by atoms with Crippen molar-refractivity contribution in [1.82, 2.24) is 9.88 Å². The number of amides is 1. The normalized spacial score (nSPS) is 21.2. The lowest BCUT2D eigenvalue weighted by Crippen LogP contribution is -2.55. The molecule has 2 heterocycles. The summed E-state index contributed by atoms with van der Waals surface area (Å²) in [6.45, 7) is 4.47. The Bertz CT molecular complexity index is 536. The van der Waals surface area contributed by atoms with Gasteiger partial charge in [-0.3, -0.25) is 4.79 Å². The van der Waals surface area contributed by atoms with E-state index in [-0.39, 0.29) is 18.6 Å². The number of halogens is 1. The average Bonchev–Trinajstić information content (AvgIpc) is 2.44. The van der Waals surface area contributed by atoms with E-state index in [1.165, 1.54) is 6.20 Å². The highest BCUT2D eigenvalue weighted by Crippen LogP contribution is 2.24. The molecule has 1 aromatic rings. The Morgan fingerprint density at radius 1 is 1.67 bits per heavy atom. The molecule has 1 atom stereocenters. The first kappa shape index (κ1) is 16.0. The molecule has 0 saturated carbocycles. The van der Waals surface area contributed by atoms with Gasteiger partial charge in [0.05, 0.1) is 28.9 Å². The van der Waals surface area contributed by atoms with Crippen molar-refractivity contribution in [2.45, 2.75) is 25.6 Å². The highest BCUT2D eigenvalue weighted by molar-refractivity contribution is 6.33. The zero-order valence-electron chi connectivity index (χ0n) is 12.4. The summed E-state index contributed by atoms with van der Waals surface area (Å²) in [5, 5.41) is 12.5. The van der Waals surface area contributed by atoms with E-state index < -0.39 is 5.60 Å². The number of nitrogens with one attached hydrogen (secondary N) is 1. The Morgan fingerprint density at radius 3 is 2.95 bits per heavy atom. The minimum Gasteiger partial charge on any atom is -0.394 e. The van der Waals surface area contributed by atoms with Gasteiger partial charge in [0.25, 0.3) is 5.91 Å². The fraction of sp³-hybridized carbons (Fsp3) is 0.571. The van der Waals surface area contributed by atoms with Crippen LogP contribution < -0.4 is 5.32 Å². The van der Waals surface area contributed by atoms with E-state index in [2.05, 4.69) is 10.3 Å². The Labute approximate surface area is 129 Å². The molecule has 21 heavy (non-hydrogen) atoms. The lowest BCUT2D eigenvalue weighted by atomic mass is 10.0. The molecular formula is C14H20ClN3O3. The second kappa shape index (κ2) is 6.17. The van der Waals surface area contributed by atoms with Crippen molar-refractivity contribution in [3.63, 3.8) is 0 Å². The summed E-state index contributed by atoms with van der Waals surface area (Å²) in [5.41, 5.74) is -0.0721. The van der Waals surface area contributed by atoms with Crippen molar-refractivity contribution in [3.05, 3.63) is 22.8 Å². The summed E-state index contributed by atoms with van der Waals surface area (Å²) >= 11 is 6.06. The van der Waals surface area contributed by atoms with Crippen LogP contribution in [0, 0.1) is 0 Å². The molecule has 0 bridgehead atoms. The van der Waals surface area contributed by atoms with Gasteiger partial charge >= 0.3 is 0 Å². The van der Waals surface area contributed by atoms with E-state index in [0.29, 0.717) is 29.5 Å². The number of aliphatic hydroxyl groups is 1. The molecule has 0 spiro atoms. The van der Waals surface area contributed by atoms with Crippen molar-refractivity contribution < 1.29 is 14.6 Å². The lowest BCUT2D eigenvalue weighted by Gasteiger charge is -2.42. The first-order chi connectivity index (χ1) is 9.86. The predicted octanol–water partition coefficient (Wildman–Crippen LogP) is 1.39. The molecule has 0 radical (unpaired) electrons. The molecule has 7 heteroatoms. The number of carbonyl (C=O) groups excluding carboxylic acids is 1. The molecule has 2 N–H and O–H groups in total. The summed E-state index contributed by atoms with van der Waals surface area (Å²) in [7, 11) is 1.71. The third-order valence-corrected chi connectivity index (χ3v) is 3.59. The van der Waals surface area contributed by atoms with Gasteiger partial charge in [-0.1, -0.05) is 11.6 Å². The van der Waals surface area contributed by atoms with Crippen molar-refractivity contribution in [3.8, 4) is 0 Å². The van der Waals surface area contributed by atoms with E-state index in [9.17, 15) is 9.90 Å². The van der Waals surface area contributed by atoms with Gasteiger partial charge in [-0.2, -0.15) is 0 Å². The molecule has 1 aliphatic heterocycles. The van der Waals surface area contributed by atoms with Gasteiger partial charge < -0.3 is 20.1 Å². The van der Waals surface area contributed by atoms with Crippen molar-refractivity contribution in [2.75, 3.05) is 32.1 Å². The first-order valence-electron chi connectivity index (χ1n) is 6.77. The minimum atomic E-state index is -0.497. The second-order valence-corrected chi connectivity index (χ2v) is 6.08. The third-order valence-electron chi connectivity index (χ3n) is 3.30. The van der Waals surface area contributed by atoms with Crippen LogP contribution in [0.2, 0.25) is 5.02 Å². The molecule has 1 amide bonds. The van der Waals surface area contributed by atoms with Gasteiger partial charge in [0.15, 0.2) is 0 Å². The third kappa shape index (κ3) is 3.64. The number of carbonyl (C=O) groups is 1. The van der Waals surface area contributed by atoms with Crippen LogP contribution in [0.4, 0.5) is 5.82 Å². The SMILES string of the molecule is CNc1ncc(C(=O)N2CC(CO)OC(C)(C)C2)cc1Cl. The molecule has 1 saturated heterocycles. The highest BCUT2D eigenvalue weighted by atomic mass is 35.5. The molecule has 0 aliphatic carbocycles. The highest BCUT2D eigenvalue weighted by Gasteiger charge is 2.35. The van der Waals surface area contributed by atoms with Crippen LogP contribution in [0.5, 0.6) is 0 Å². The minimum absolute atomic E-state index is 0.120. The number of aliphatic hydroxyl groups excluding tert-OH is 1. The summed E-state index contributed by atoms with van der Waals surface area (Å²) in [4.78, 5) is 18.4. The number of ether oxygens (including phenoxy) is 1. The number of aromatic nitrogens is 1. The molecule has 116 valence electrons. The number of hydrogen-bond acceptors (Lipinski definition) is 5. The number of morpholine rings is 1. The molecule has 1 fully saturated rings. The molecule has 1 aromatic heterocycles. The summed E-state index contributed by atoms with van der Waals surface area (Å²) in [5.74, 6) is 0.366. The van der Waals surface area contributed by atoms with Crippen LogP contribution in [-0.2, 0) is 4.74 Å². The Balaban J connectivity index is 2.20. The van der Waals surface area contributed by atoms with Gasteiger partial charge in [-0.25, -0.2) is 4.98 Å². The van der Waals surface area contributed by atoms with Crippen LogP contribution in [0.1, 0.15) is 24.2 Å². The molecule has 0 aromatic carbocycles. The number of rotatable bonds is 3. The average molecular weight is 314 g/mol. The molecule has 2 rings (SSSR count). The first-order valence-corrected chi connectivity index (χ1v) is 7.15. The molecule has 6 nitrogen and oxygen atoms in total. The van der Waals surface area contributed by atoms with Crippen LogP contribution in [-0.4, -0.2) is 59.3 Å². The number of hydrogen-bond donors (Lipinski definition) is 2. The van der Waals surface area contributed by atoms with Crippen LogP contribution in [0.3, 0.4) is 0 Å². The fourth-order valence-electron chi connectivity index (χ4n) is 2.47. The Morgan fingerprint density at radius 2 is 2.38 bits per heavy atom. The van der Waals surface area contributed by atoms with Gasteiger partial charge in [0.2, 0.25) is 0 Å². The quantitative estimate of drug-likeness (QED) is 0.882. The number of nitrogens with zero attached hydrogens (tertiary/aromatic N) is 2. The monoisotopic (exact) mass is 313 g/mol. The molecule has 1 aliphatic rings. The van der Waals surface area contributed by atoms with E-state index in [4.69, 9.17) is 16.3 Å². The molecule has 1 unspecified atom stereocenters. The largest absolute Gasteiger partial charge is 0.394 e. The van der Waals surface area contributed by atoms with Gasteiger partial charge in [0.1, 0.15) is 5.82 Å². The van der Waals surface area contributed by atoms with Crippen molar-refractivity contribution in [2.24, 2.45) is 0 Å². The van der Waals surface area contributed by atoms with Gasteiger partial charge in [0, 0.05) is 26.3 Å². The van der Waals surface area contributed by atoms with Crippen molar-refractivity contribution >= 4 is 23.3 Å². The standard InChI is InChI=1S/C14H20ClN3O3/c1-14(2)8-18(6-10(7-19)21-14)13(20)9-4-11(15)12(16-3)17-5-9/h4-5,10,19H,6-8H2,1-3H3,(H,16,17). The topological polar surface area (TPSA) is 74.7 Å². The van der Waals surface area contributed by atoms with E-state index in [0.717, 1.165) is 0 Å². The Kier molecular flexibility index (Phi) is 4.70. The van der Waals surface area contributed by atoms with E-state index >= 15 is 0 Å². The maximum absolute atomic E-state index is 12.6. The zero-order valence-corrected chi connectivity index (χ0v) is 13.1. The van der Waals surface area contributed by atoms with Gasteiger partial charge in [-0.15, -0.1) is 0 Å². The maximum atomic E-state index is 12.6. The van der Waals surface area contributed by atoms with Crippen LogP contribution in [0.15, 0.2) is 12.3 Å². The Hall–Kier alpha value is -1.37. The zero-order chi connectivity index (χ0) is 15.6. The summed E-state index contributed by atoms with van der Waals surface area (Å²) in [6.07, 6.45) is 1.12. The van der Waals surface area contributed by atoms with Crippen LogP contribution in [0.25, 0.3) is 0 Å². The fourth-order valence-corrected chi connectivity index (χ4v) is 2.73. The number of pyridine rings is 1. The lowest BCUT2D eigenvalue weighted by molar-refractivity contribution is -0.139. The predicted molar refractivity (Wildman–Crippen MR) is 80.7 cm³/mol. The van der Waals surface area contributed by atoms with E-state index in [1.807, 2.05) is 13.8 Å². The summed E-state index contributed by atoms with van der Waals surface area (Å²) < 4.78 is 5.70. The smallest absolute Gasteiger partial charge is 0.255 e.